The second kappa shape index (κ2) is 19.1. The van der Waals surface area contributed by atoms with E-state index in [1.54, 1.807) is 13.8 Å². The normalized spacial score (nSPS) is 15.4. The Balaban J connectivity index is 1.37. The number of nitrogens with one attached hydrogen (secondary N) is 3. The predicted octanol–water partition coefficient (Wildman–Crippen LogP) is 9.37. The van der Waals surface area contributed by atoms with Gasteiger partial charge in [-0.1, -0.05) is 38.8 Å². The van der Waals surface area contributed by atoms with Gasteiger partial charge in [-0.15, -0.1) is 0 Å². The first kappa shape index (κ1) is 48.0. The van der Waals surface area contributed by atoms with Gasteiger partial charge in [-0.05, 0) is 94.1 Å². The van der Waals surface area contributed by atoms with Crippen molar-refractivity contribution >= 4 is 43.6 Å². The molecule has 3 N–H and O–H groups in total. The molecule has 1 unspecified atom stereocenters. The summed E-state index contributed by atoms with van der Waals surface area (Å²) in [7, 11) is -1.35. The fraction of sp³-hybridized carbons (Fsp3) is 0.465. The topological polar surface area (TPSA) is 159 Å². The summed E-state index contributed by atoms with van der Waals surface area (Å²) in [5.41, 5.74) is -2.20. The molecular weight excluding hydrogens is 843 g/mol. The largest absolute Gasteiger partial charge is 0.471 e. The molecule has 12 nitrogen and oxygen atoms in total. The number of alkyl halides is 6. The number of carbonyl (C=O) groups is 4. The van der Waals surface area contributed by atoms with Gasteiger partial charge in [0.05, 0.1) is 31.3 Å². The molecule has 0 aromatic heterocycles. The summed E-state index contributed by atoms with van der Waals surface area (Å²) >= 11 is 0. The van der Waals surface area contributed by atoms with Crippen molar-refractivity contribution in [1.29, 1.82) is 5.26 Å². The molecule has 1 aliphatic carbocycles. The molecular formula is C43H48F6N5O7P. The summed E-state index contributed by atoms with van der Waals surface area (Å²) in [6.45, 7) is 12.5. The Kier molecular flexibility index (Phi) is 14.8. The quantitative estimate of drug-likeness (QED) is 0.0520. The van der Waals surface area contributed by atoms with Gasteiger partial charge in [0.2, 0.25) is 0 Å². The molecule has 0 bridgehead atoms. The van der Waals surface area contributed by atoms with Crippen LogP contribution in [-0.2, 0) is 34.4 Å². The average Bonchev–Trinajstić information content (AvgIpc) is 3.48. The van der Waals surface area contributed by atoms with Crippen LogP contribution in [0.3, 0.4) is 0 Å². The number of anilines is 2. The van der Waals surface area contributed by atoms with Crippen LogP contribution in [0.4, 0.5) is 37.7 Å². The number of unbranched alkanes of at least 4 members (excludes halogenated alkanes) is 3. The van der Waals surface area contributed by atoms with E-state index >= 15 is 0 Å². The van der Waals surface area contributed by atoms with Gasteiger partial charge < -0.3 is 29.7 Å². The van der Waals surface area contributed by atoms with Gasteiger partial charge in [-0.2, -0.15) is 31.6 Å². The SMILES string of the molecule is CC(C)N(C(C)C)P(OCCC#N)OCCCCCCNC(=O)c1ccc2c(c1)C1(OC2=O)c2ccc(NC(=O)C(F)(F)F)cc2C(C)(C)c2cc(NC(=O)C(F)(F)F)ccc21. The number of fused-ring (bicyclic) bond motifs is 6. The zero-order valence-corrected chi connectivity index (χ0v) is 35.9. The first-order valence-electron chi connectivity index (χ1n) is 20.0. The third-order valence-corrected chi connectivity index (χ3v) is 12.6. The molecule has 3 aromatic carbocycles. The van der Waals surface area contributed by atoms with E-state index in [2.05, 4.69) is 43.8 Å². The third-order valence-electron chi connectivity index (χ3n) is 10.5. The summed E-state index contributed by atoms with van der Waals surface area (Å²) in [6, 6.07) is 14.4. The minimum absolute atomic E-state index is 0.0633. The molecule has 2 aliphatic rings. The van der Waals surface area contributed by atoms with Gasteiger partial charge in [-0.25, -0.2) is 9.46 Å². The summed E-state index contributed by atoms with van der Waals surface area (Å²) < 4.78 is 100.0. The molecule has 334 valence electrons. The lowest BCUT2D eigenvalue weighted by molar-refractivity contribution is -0.167. The standard InChI is InChI=1S/C43H48F6N5O7P/c1-25(2)54(26(3)4)62(60-21-11-18-50)59-20-10-8-7-9-19-51-36(55)27-12-15-30-33(22-27)41(61-37(30)56)31-16-13-28(52-38(57)42(44,45)46)23-34(31)40(5,6)35-24-29(14-17-32(35)41)53-39(58)43(47,48)49/h12-17,22-26H,7-11,19-21H2,1-6H3,(H,51,55)(H,52,57)(H,53,58). The third kappa shape index (κ3) is 10.2. The van der Waals surface area contributed by atoms with Crippen LogP contribution in [0.2, 0.25) is 0 Å². The zero-order chi connectivity index (χ0) is 45.8. The average molecular weight is 892 g/mol. The summed E-state index contributed by atoms with van der Waals surface area (Å²) in [4.78, 5) is 51.1. The summed E-state index contributed by atoms with van der Waals surface area (Å²) in [6.07, 6.45) is -7.23. The number of rotatable bonds is 17. The van der Waals surface area contributed by atoms with Gasteiger partial charge >= 0.3 is 30.1 Å². The van der Waals surface area contributed by atoms with Crippen molar-refractivity contribution in [3.05, 3.63) is 93.5 Å². The highest BCUT2D eigenvalue weighted by molar-refractivity contribution is 7.44. The van der Waals surface area contributed by atoms with E-state index in [4.69, 9.17) is 19.0 Å². The van der Waals surface area contributed by atoms with Crippen LogP contribution < -0.4 is 16.0 Å². The molecule has 1 atom stereocenters. The van der Waals surface area contributed by atoms with Crippen molar-refractivity contribution in [2.24, 2.45) is 0 Å². The molecule has 1 heterocycles. The minimum Gasteiger partial charge on any atom is -0.441 e. The monoisotopic (exact) mass is 891 g/mol. The number of halogens is 6. The number of esters is 1. The van der Waals surface area contributed by atoms with Crippen LogP contribution in [0, 0.1) is 11.3 Å². The minimum atomic E-state index is -5.22. The number of nitriles is 1. The van der Waals surface area contributed by atoms with E-state index in [1.165, 1.54) is 54.6 Å². The number of ether oxygens (including phenoxy) is 1. The first-order chi connectivity index (χ1) is 29.0. The van der Waals surface area contributed by atoms with Gasteiger partial charge in [0.1, 0.15) is 0 Å². The lowest BCUT2D eigenvalue weighted by Gasteiger charge is -2.45. The van der Waals surface area contributed by atoms with Crippen molar-refractivity contribution in [2.75, 3.05) is 30.4 Å². The maximum absolute atomic E-state index is 13.6. The maximum atomic E-state index is 13.6. The van der Waals surface area contributed by atoms with E-state index in [9.17, 15) is 45.5 Å². The Morgan fingerprint density at radius 2 is 1.29 bits per heavy atom. The molecule has 0 saturated heterocycles. The second-order valence-electron chi connectivity index (χ2n) is 15.9. The number of benzene rings is 3. The second-order valence-corrected chi connectivity index (χ2v) is 17.4. The Bertz CT molecular complexity index is 2130. The van der Waals surface area contributed by atoms with Gasteiger partial charge in [0, 0.05) is 57.7 Å². The highest BCUT2D eigenvalue weighted by atomic mass is 31.2. The fourth-order valence-corrected chi connectivity index (χ4v) is 9.36. The highest BCUT2D eigenvalue weighted by Gasteiger charge is 2.56. The van der Waals surface area contributed by atoms with Crippen LogP contribution in [0.1, 0.15) is 122 Å². The van der Waals surface area contributed by atoms with Gasteiger partial charge in [0.25, 0.3) is 14.4 Å². The number of hydrogen-bond donors (Lipinski definition) is 3. The van der Waals surface area contributed by atoms with Crippen molar-refractivity contribution in [3.63, 3.8) is 0 Å². The fourth-order valence-electron chi connectivity index (χ4n) is 7.73. The Morgan fingerprint density at radius 3 is 1.81 bits per heavy atom. The smallest absolute Gasteiger partial charge is 0.441 e. The molecule has 3 aromatic rings. The van der Waals surface area contributed by atoms with E-state index in [0.29, 0.717) is 19.6 Å². The Labute approximate surface area is 356 Å². The molecule has 3 amide bonds. The van der Waals surface area contributed by atoms with E-state index in [-0.39, 0.29) is 75.4 Å². The van der Waals surface area contributed by atoms with Crippen LogP contribution in [0.5, 0.6) is 0 Å². The van der Waals surface area contributed by atoms with Crippen LogP contribution in [0.15, 0.2) is 54.6 Å². The lowest BCUT2D eigenvalue weighted by atomic mass is 9.61. The van der Waals surface area contributed by atoms with Crippen molar-refractivity contribution in [2.45, 2.75) is 109 Å². The van der Waals surface area contributed by atoms with E-state index in [0.717, 1.165) is 19.3 Å². The lowest BCUT2D eigenvalue weighted by Crippen LogP contribution is -2.41. The highest BCUT2D eigenvalue weighted by Crippen LogP contribution is 2.57. The number of nitrogens with zero attached hydrogens (tertiary/aromatic N) is 2. The van der Waals surface area contributed by atoms with Crippen LogP contribution in [-0.4, -0.2) is 72.6 Å². The molecule has 1 aliphatic heterocycles. The maximum Gasteiger partial charge on any atom is 0.471 e. The van der Waals surface area contributed by atoms with Gasteiger partial charge in [0.15, 0.2) is 5.60 Å². The molecule has 0 fully saturated rings. The van der Waals surface area contributed by atoms with Crippen molar-refractivity contribution in [3.8, 4) is 6.07 Å². The van der Waals surface area contributed by atoms with Gasteiger partial charge in [-0.3, -0.25) is 14.4 Å². The number of amides is 3. The van der Waals surface area contributed by atoms with Crippen molar-refractivity contribution < 1.29 is 59.3 Å². The molecule has 62 heavy (non-hydrogen) atoms. The summed E-state index contributed by atoms with van der Waals surface area (Å²) in [5, 5.41) is 15.4. The van der Waals surface area contributed by atoms with E-state index in [1.807, 2.05) is 10.6 Å². The van der Waals surface area contributed by atoms with Crippen LogP contribution >= 0.6 is 8.53 Å². The molecule has 19 heteroatoms. The zero-order valence-electron chi connectivity index (χ0n) is 35.0. The number of carbonyl (C=O) groups excluding carboxylic acids is 4. The molecule has 0 radical (unpaired) electrons. The molecule has 0 saturated carbocycles. The Morgan fingerprint density at radius 1 is 0.758 bits per heavy atom. The summed E-state index contributed by atoms with van der Waals surface area (Å²) in [5.74, 6) is -5.77. The molecule has 5 rings (SSSR count). The number of hydrogen-bond acceptors (Lipinski definition) is 9. The Hall–Kier alpha value is -5.08. The first-order valence-corrected chi connectivity index (χ1v) is 21.1. The molecule has 1 spiro atoms. The van der Waals surface area contributed by atoms with Crippen LogP contribution in [0.25, 0.3) is 0 Å². The van der Waals surface area contributed by atoms with E-state index < -0.39 is 55.6 Å². The van der Waals surface area contributed by atoms with Crippen molar-refractivity contribution in [1.82, 2.24) is 9.99 Å². The predicted molar refractivity (Wildman–Crippen MR) is 218 cm³/mol.